The van der Waals surface area contributed by atoms with E-state index in [1.807, 2.05) is 47.8 Å². The number of benzene rings is 1. The molecule has 2 amide bonds. The van der Waals surface area contributed by atoms with Gasteiger partial charge in [0.2, 0.25) is 0 Å². The highest BCUT2D eigenvalue weighted by Gasteiger charge is 2.25. The summed E-state index contributed by atoms with van der Waals surface area (Å²) in [4.78, 5) is 38.4. The smallest absolute Gasteiger partial charge is 0.407 e. The molecule has 0 radical (unpaired) electrons. The largest absolute Gasteiger partial charge is 0.465 e. The van der Waals surface area contributed by atoms with Crippen LogP contribution >= 0.6 is 11.3 Å². The zero-order valence-corrected chi connectivity index (χ0v) is 20.2. The van der Waals surface area contributed by atoms with E-state index in [4.69, 9.17) is 4.98 Å². The summed E-state index contributed by atoms with van der Waals surface area (Å²) in [5.74, 6) is 1.17. The highest BCUT2D eigenvalue weighted by molar-refractivity contribution is 7.07. The van der Waals surface area contributed by atoms with Crippen molar-refractivity contribution < 1.29 is 14.7 Å². The third kappa shape index (κ3) is 5.72. The van der Waals surface area contributed by atoms with Gasteiger partial charge in [-0.1, -0.05) is 18.2 Å². The molecule has 0 atom stereocenters. The van der Waals surface area contributed by atoms with Crippen LogP contribution in [0.15, 0.2) is 53.4 Å². The van der Waals surface area contributed by atoms with Crippen LogP contribution in [-0.4, -0.2) is 70.6 Å². The summed E-state index contributed by atoms with van der Waals surface area (Å²) in [5.41, 5.74) is 4.89. The predicted molar refractivity (Wildman–Crippen MR) is 133 cm³/mol. The molecule has 1 N–H and O–H groups in total. The van der Waals surface area contributed by atoms with E-state index in [1.165, 1.54) is 16.2 Å². The summed E-state index contributed by atoms with van der Waals surface area (Å²) >= 11 is 1.48. The number of nitrogens with zero attached hydrogens (tertiary/aromatic N) is 5. The SMILES string of the molecule is CN(C)C(=O)c1cccc(-c2cccc(N3CCC(CN(Cc4cscn4)C(=O)O)CC3)n2)c1. The molecule has 1 aliphatic rings. The number of hydrogen-bond acceptors (Lipinski definition) is 6. The maximum atomic E-state index is 12.3. The molecule has 2 aromatic heterocycles. The van der Waals surface area contributed by atoms with Gasteiger partial charge in [0.15, 0.2) is 0 Å². The summed E-state index contributed by atoms with van der Waals surface area (Å²) in [6.07, 6.45) is 0.902. The number of piperidine rings is 1. The number of rotatable bonds is 7. The molecular formula is C25H29N5O3S. The van der Waals surface area contributed by atoms with Gasteiger partial charge < -0.3 is 19.8 Å². The second-order valence-electron chi connectivity index (χ2n) is 8.73. The van der Waals surface area contributed by atoms with Crippen molar-refractivity contribution in [2.45, 2.75) is 19.4 Å². The molecule has 0 unspecified atom stereocenters. The highest BCUT2D eigenvalue weighted by Crippen LogP contribution is 2.26. The predicted octanol–water partition coefficient (Wildman–Crippen LogP) is 4.30. The fraction of sp³-hybridized carbons (Fsp3) is 0.360. The van der Waals surface area contributed by atoms with Gasteiger partial charge in [-0.25, -0.2) is 14.8 Å². The van der Waals surface area contributed by atoms with Crippen LogP contribution in [0.2, 0.25) is 0 Å². The lowest BCUT2D eigenvalue weighted by Crippen LogP contribution is -2.40. The van der Waals surface area contributed by atoms with Gasteiger partial charge >= 0.3 is 6.09 Å². The van der Waals surface area contributed by atoms with Gasteiger partial charge in [0.05, 0.1) is 23.4 Å². The average molecular weight is 480 g/mol. The van der Waals surface area contributed by atoms with Crippen LogP contribution < -0.4 is 4.90 Å². The lowest BCUT2D eigenvalue weighted by Gasteiger charge is -2.34. The second-order valence-corrected chi connectivity index (χ2v) is 9.45. The van der Waals surface area contributed by atoms with Crippen LogP contribution in [0.4, 0.5) is 10.6 Å². The van der Waals surface area contributed by atoms with Crippen LogP contribution in [-0.2, 0) is 6.54 Å². The monoisotopic (exact) mass is 479 g/mol. The molecule has 4 rings (SSSR count). The Morgan fingerprint density at radius 2 is 1.91 bits per heavy atom. The summed E-state index contributed by atoms with van der Waals surface area (Å²) in [6.45, 7) is 2.49. The molecule has 1 aliphatic heterocycles. The van der Waals surface area contributed by atoms with Crippen LogP contribution in [0.1, 0.15) is 28.9 Å². The zero-order valence-electron chi connectivity index (χ0n) is 19.4. The van der Waals surface area contributed by atoms with E-state index in [2.05, 4.69) is 9.88 Å². The lowest BCUT2D eigenvalue weighted by molar-refractivity contribution is 0.0827. The van der Waals surface area contributed by atoms with Crippen molar-refractivity contribution in [1.29, 1.82) is 0 Å². The Morgan fingerprint density at radius 3 is 2.59 bits per heavy atom. The van der Waals surface area contributed by atoms with Crippen LogP contribution in [0.3, 0.4) is 0 Å². The van der Waals surface area contributed by atoms with E-state index in [0.717, 1.165) is 48.7 Å². The topological polar surface area (TPSA) is 89.9 Å². The highest BCUT2D eigenvalue weighted by atomic mass is 32.1. The first kappa shape index (κ1) is 23.7. The van der Waals surface area contributed by atoms with Gasteiger partial charge in [-0.15, -0.1) is 11.3 Å². The molecule has 0 aliphatic carbocycles. The fourth-order valence-corrected chi connectivity index (χ4v) is 4.76. The van der Waals surface area contributed by atoms with E-state index in [9.17, 15) is 14.7 Å². The van der Waals surface area contributed by atoms with Crippen molar-refractivity contribution in [2.75, 3.05) is 38.6 Å². The Balaban J connectivity index is 1.40. The van der Waals surface area contributed by atoms with Gasteiger partial charge in [0.25, 0.3) is 5.91 Å². The first-order chi connectivity index (χ1) is 16.4. The number of aromatic nitrogens is 2. The number of carbonyl (C=O) groups excluding carboxylic acids is 1. The van der Waals surface area contributed by atoms with Crippen LogP contribution in [0.25, 0.3) is 11.3 Å². The number of pyridine rings is 1. The number of hydrogen-bond donors (Lipinski definition) is 1. The molecule has 0 bridgehead atoms. The minimum atomic E-state index is -0.903. The first-order valence-electron chi connectivity index (χ1n) is 11.3. The molecule has 8 nitrogen and oxygen atoms in total. The van der Waals surface area contributed by atoms with Gasteiger partial charge in [-0.05, 0) is 43.0 Å². The van der Waals surface area contributed by atoms with E-state index in [1.54, 1.807) is 24.5 Å². The summed E-state index contributed by atoms with van der Waals surface area (Å²) in [5, 5.41) is 11.5. The summed E-state index contributed by atoms with van der Waals surface area (Å²) in [7, 11) is 3.48. The molecule has 34 heavy (non-hydrogen) atoms. The Labute approximate surface area is 203 Å². The normalized spacial score (nSPS) is 14.1. The zero-order chi connectivity index (χ0) is 24.1. The van der Waals surface area contributed by atoms with Crippen molar-refractivity contribution >= 4 is 29.2 Å². The van der Waals surface area contributed by atoms with E-state index in [-0.39, 0.29) is 5.91 Å². The van der Waals surface area contributed by atoms with E-state index >= 15 is 0 Å². The second kappa shape index (κ2) is 10.6. The summed E-state index contributed by atoms with van der Waals surface area (Å²) in [6, 6.07) is 13.5. The Bertz CT molecular complexity index is 1130. The van der Waals surface area contributed by atoms with Crippen LogP contribution in [0.5, 0.6) is 0 Å². The number of thiazole rings is 1. The van der Waals surface area contributed by atoms with Crippen molar-refractivity contribution in [3.05, 3.63) is 64.6 Å². The molecule has 1 fully saturated rings. The van der Waals surface area contributed by atoms with Crippen molar-refractivity contribution in [3.63, 3.8) is 0 Å². The maximum absolute atomic E-state index is 12.3. The molecule has 0 saturated carbocycles. The minimum Gasteiger partial charge on any atom is -0.465 e. The lowest BCUT2D eigenvalue weighted by atomic mass is 9.96. The molecule has 1 saturated heterocycles. The van der Waals surface area contributed by atoms with Gasteiger partial charge in [0.1, 0.15) is 5.82 Å². The maximum Gasteiger partial charge on any atom is 0.407 e. The Morgan fingerprint density at radius 1 is 1.15 bits per heavy atom. The van der Waals surface area contributed by atoms with Crippen molar-refractivity contribution in [1.82, 2.24) is 19.8 Å². The third-order valence-electron chi connectivity index (χ3n) is 6.07. The fourth-order valence-electron chi connectivity index (χ4n) is 4.21. The molecule has 3 aromatic rings. The molecule has 0 spiro atoms. The van der Waals surface area contributed by atoms with Gasteiger partial charge in [0, 0.05) is 50.2 Å². The van der Waals surface area contributed by atoms with Crippen molar-refractivity contribution in [2.24, 2.45) is 5.92 Å². The standard InChI is InChI=1S/C25H29N5O3S/c1-28(2)24(31)20-6-3-5-19(13-20)22-7-4-8-23(27-22)29-11-9-18(10-12-29)14-30(25(32)33)15-21-16-34-17-26-21/h3-8,13,16-18H,9-12,14-15H2,1-2H3,(H,32,33). The van der Waals surface area contributed by atoms with Crippen LogP contribution in [0, 0.1) is 5.92 Å². The van der Waals surface area contributed by atoms with E-state index < -0.39 is 6.09 Å². The molecular weight excluding hydrogens is 450 g/mol. The molecule has 1 aromatic carbocycles. The first-order valence-corrected chi connectivity index (χ1v) is 12.2. The van der Waals surface area contributed by atoms with Crippen molar-refractivity contribution in [3.8, 4) is 11.3 Å². The number of carboxylic acid groups (broad SMARTS) is 1. The van der Waals surface area contributed by atoms with Gasteiger partial charge in [-0.2, -0.15) is 0 Å². The Kier molecular flexibility index (Phi) is 7.42. The minimum absolute atomic E-state index is 0.0368. The quantitative estimate of drug-likeness (QED) is 0.543. The average Bonchev–Trinajstić information content (AvgIpc) is 3.37. The third-order valence-corrected chi connectivity index (χ3v) is 6.71. The van der Waals surface area contributed by atoms with E-state index in [0.29, 0.717) is 24.6 Å². The number of amides is 2. The summed E-state index contributed by atoms with van der Waals surface area (Å²) < 4.78 is 0. The Hall–Kier alpha value is -3.46. The number of anilines is 1. The molecule has 9 heteroatoms. The van der Waals surface area contributed by atoms with Gasteiger partial charge in [-0.3, -0.25) is 4.79 Å². The molecule has 178 valence electrons. The number of carbonyl (C=O) groups is 2. The molecule has 3 heterocycles.